The largest absolute Gasteiger partial charge is 0.245 e. The summed E-state index contributed by atoms with van der Waals surface area (Å²) in [5.74, 6) is -2.78. The SMILES string of the molecule is CC(c1cc(F)ccc1F)C(F)F. The minimum Gasteiger partial charge on any atom is -0.210 e. The normalized spacial score (nSPS) is 13.4. The first kappa shape index (κ1) is 10.0. The highest BCUT2D eigenvalue weighted by Crippen LogP contribution is 2.25. The van der Waals surface area contributed by atoms with E-state index in [-0.39, 0.29) is 5.56 Å². The lowest BCUT2D eigenvalue weighted by Gasteiger charge is -2.11. The second-order valence-corrected chi connectivity index (χ2v) is 2.79. The van der Waals surface area contributed by atoms with Crippen LogP contribution in [0, 0.1) is 11.6 Å². The first-order valence-corrected chi connectivity index (χ1v) is 3.75. The maximum Gasteiger partial charge on any atom is 0.245 e. The second-order valence-electron chi connectivity index (χ2n) is 2.79. The summed E-state index contributed by atoms with van der Waals surface area (Å²) in [4.78, 5) is 0. The van der Waals surface area contributed by atoms with Crippen LogP contribution in [0.2, 0.25) is 0 Å². The fourth-order valence-corrected chi connectivity index (χ4v) is 0.999. The third-order valence-electron chi connectivity index (χ3n) is 1.83. The van der Waals surface area contributed by atoms with Crippen molar-refractivity contribution in [1.29, 1.82) is 0 Å². The standard InChI is InChI=1S/C9H8F4/c1-5(9(12)13)7-4-6(10)2-3-8(7)11/h2-5,9H,1H3. The Morgan fingerprint density at radius 2 is 1.77 bits per heavy atom. The molecule has 0 N–H and O–H groups in total. The molecule has 72 valence electrons. The third-order valence-corrected chi connectivity index (χ3v) is 1.83. The van der Waals surface area contributed by atoms with Crippen LogP contribution in [0.1, 0.15) is 18.4 Å². The van der Waals surface area contributed by atoms with Crippen LogP contribution in [0.4, 0.5) is 17.6 Å². The van der Waals surface area contributed by atoms with Crippen molar-refractivity contribution in [2.24, 2.45) is 0 Å². The predicted octanol–water partition coefficient (Wildman–Crippen LogP) is 3.33. The molecule has 0 aromatic heterocycles. The Kier molecular flexibility index (Phi) is 2.90. The van der Waals surface area contributed by atoms with E-state index in [0.717, 1.165) is 25.1 Å². The van der Waals surface area contributed by atoms with Gasteiger partial charge in [-0.1, -0.05) is 6.92 Å². The second kappa shape index (κ2) is 3.77. The third kappa shape index (κ3) is 2.20. The van der Waals surface area contributed by atoms with Gasteiger partial charge in [-0.05, 0) is 23.8 Å². The van der Waals surface area contributed by atoms with Crippen molar-refractivity contribution in [3.05, 3.63) is 35.4 Å². The van der Waals surface area contributed by atoms with E-state index in [9.17, 15) is 17.6 Å². The molecule has 4 heteroatoms. The average molecular weight is 192 g/mol. The Morgan fingerprint density at radius 1 is 1.15 bits per heavy atom. The lowest BCUT2D eigenvalue weighted by atomic mass is 10.0. The highest BCUT2D eigenvalue weighted by Gasteiger charge is 2.20. The van der Waals surface area contributed by atoms with Crippen LogP contribution in [0.3, 0.4) is 0 Å². The molecule has 0 aliphatic rings. The summed E-state index contributed by atoms with van der Waals surface area (Å²) < 4.78 is 49.7. The molecular weight excluding hydrogens is 184 g/mol. The molecule has 0 radical (unpaired) electrons. The molecule has 1 aromatic rings. The highest BCUT2D eigenvalue weighted by molar-refractivity contribution is 5.22. The van der Waals surface area contributed by atoms with Gasteiger partial charge in [0.2, 0.25) is 6.43 Å². The van der Waals surface area contributed by atoms with Gasteiger partial charge in [0, 0.05) is 5.92 Å². The molecule has 0 saturated heterocycles. The van der Waals surface area contributed by atoms with E-state index in [1.807, 2.05) is 0 Å². The summed E-state index contributed by atoms with van der Waals surface area (Å²) in [6.07, 6.45) is -2.68. The fourth-order valence-electron chi connectivity index (χ4n) is 0.999. The molecule has 1 rings (SSSR count). The zero-order valence-corrected chi connectivity index (χ0v) is 6.90. The summed E-state index contributed by atoms with van der Waals surface area (Å²) in [5, 5.41) is 0. The molecule has 13 heavy (non-hydrogen) atoms. The van der Waals surface area contributed by atoms with Gasteiger partial charge in [0.25, 0.3) is 0 Å². The molecule has 0 fully saturated rings. The van der Waals surface area contributed by atoms with Crippen LogP contribution in [0.25, 0.3) is 0 Å². The minimum atomic E-state index is -2.68. The highest BCUT2D eigenvalue weighted by atomic mass is 19.3. The van der Waals surface area contributed by atoms with Gasteiger partial charge < -0.3 is 0 Å². The maximum absolute atomic E-state index is 12.9. The van der Waals surface area contributed by atoms with Crippen molar-refractivity contribution in [2.45, 2.75) is 19.3 Å². The number of halogens is 4. The molecule has 0 nitrogen and oxygen atoms in total. The van der Waals surface area contributed by atoms with E-state index in [1.54, 1.807) is 0 Å². The fraction of sp³-hybridized carbons (Fsp3) is 0.333. The Hall–Kier alpha value is -1.06. The molecule has 0 aliphatic heterocycles. The Morgan fingerprint density at radius 3 is 2.31 bits per heavy atom. The lowest BCUT2D eigenvalue weighted by Crippen LogP contribution is -2.07. The molecule has 1 atom stereocenters. The van der Waals surface area contributed by atoms with Crippen molar-refractivity contribution in [3.63, 3.8) is 0 Å². The van der Waals surface area contributed by atoms with Gasteiger partial charge in [0.15, 0.2) is 0 Å². The van der Waals surface area contributed by atoms with Crippen LogP contribution in [0.5, 0.6) is 0 Å². The molecule has 0 aliphatic carbocycles. The first-order chi connectivity index (χ1) is 6.02. The number of rotatable bonds is 2. The Balaban J connectivity index is 3.05. The van der Waals surface area contributed by atoms with Crippen LogP contribution in [0.15, 0.2) is 18.2 Å². The smallest absolute Gasteiger partial charge is 0.210 e. The maximum atomic E-state index is 12.9. The van der Waals surface area contributed by atoms with Gasteiger partial charge in [-0.25, -0.2) is 17.6 Å². The summed E-state index contributed by atoms with van der Waals surface area (Å²) in [7, 11) is 0. The summed E-state index contributed by atoms with van der Waals surface area (Å²) in [5.41, 5.74) is -0.282. The zero-order valence-electron chi connectivity index (χ0n) is 6.90. The van der Waals surface area contributed by atoms with Gasteiger partial charge >= 0.3 is 0 Å². The van der Waals surface area contributed by atoms with E-state index >= 15 is 0 Å². The van der Waals surface area contributed by atoms with Crippen LogP contribution < -0.4 is 0 Å². The van der Waals surface area contributed by atoms with Crippen molar-refractivity contribution < 1.29 is 17.6 Å². The van der Waals surface area contributed by atoms with Crippen molar-refractivity contribution >= 4 is 0 Å². The molecule has 0 heterocycles. The van der Waals surface area contributed by atoms with Crippen molar-refractivity contribution in [2.75, 3.05) is 0 Å². The van der Waals surface area contributed by atoms with Crippen molar-refractivity contribution in [3.8, 4) is 0 Å². The van der Waals surface area contributed by atoms with Crippen molar-refractivity contribution in [1.82, 2.24) is 0 Å². The lowest BCUT2D eigenvalue weighted by molar-refractivity contribution is 0.119. The topological polar surface area (TPSA) is 0 Å². The summed E-state index contributed by atoms with van der Waals surface area (Å²) in [6.45, 7) is 1.16. The van der Waals surface area contributed by atoms with Gasteiger partial charge in [-0.3, -0.25) is 0 Å². The van der Waals surface area contributed by atoms with E-state index in [0.29, 0.717) is 0 Å². The number of alkyl halides is 2. The van der Waals surface area contributed by atoms with Gasteiger partial charge in [-0.15, -0.1) is 0 Å². The number of hydrogen-bond acceptors (Lipinski definition) is 0. The summed E-state index contributed by atoms with van der Waals surface area (Å²) in [6, 6.07) is 2.55. The van der Waals surface area contributed by atoms with Crippen LogP contribution >= 0.6 is 0 Å². The average Bonchev–Trinajstić information content (AvgIpc) is 2.08. The van der Waals surface area contributed by atoms with Gasteiger partial charge in [0.05, 0.1) is 0 Å². The predicted molar refractivity (Wildman–Crippen MR) is 40.8 cm³/mol. The Bertz CT molecular complexity index is 296. The Labute approximate surface area is 73.2 Å². The van der Waals surface area contributed by atoms with Crippen LogP contribution in [-0.2, 0) is 0 Å². The molecule has 0 bridgehead atoms. The zero-order chi connectivity index (χ0) is 10.0. The van der Waals surface area contributed by atoms with Gasteiger partial charge in [0.1, 0.15) is 11.6 Å². The monoisotopic (exact) mass is 192 g/mol. The van der Waals surface area contributed by atoms with E-state index in [4.69, 9.17) is 0 Å². The van der Waals surface area contributed by atoms with Gasteiger partial charge in [-0.2, -0.15) is 0 Å². The number of benzene rings is 1. The molecule has 1 unspecified atom stereocenters. The quantitative estimate of drug-likeness (QED) is 0.630. The molecular formula is C9H8F4. The molecule has 1 aromatic carbocycles. The molecule has 0 spiro atoms. The minimum absolute atomic E-state index is 0.282. The molecule has 0 amide bonds. The first-order valence-electron chi connectivity index (χ1n) is 3.75. The number of hydrogen-bond donors (Lipinski definition) is 0. The van der Waals surface area contributed by atoms with E-state index in [1.165, 1.54) is 0 Å². The van der Waals surface area contributed by atoms with E-state index in [2.05, 4.69) is 0 Å². The molecule has 0 saturated carbocycles. The van der Waals surface area contributed by atoms with Crippen LogP contribution in [-0.4, -0.2) is 6.43 Å². The summed E-state index contributed by atoms with van der Waals surface area (Å²) >= 11 is 0. The van der Waals surface area contributed by atoms with E-state index < -0.39 is 24.0 Å².